The van der Waals surface area contributed by atoms with E-state index in [9.17, 15) is 0 Å². The summed E-state index contributed by atoms with van der Waals surface area (Å²) in [7, 11) is 3.99. The van der Waals surface area contributed by atoms with Crippen LogP contribution in [0.4, 0.5) is 0 Å². The van der Waals surface area contributed by atoms with E-state index in [0.29, 0.717) is 11.5 Å². The minimum absolute atomic E-state index is 0.441. The Morgan fingerprint density at radius 1 is 1.38 bits per heavy atom. The van der Waals surface area contributed by atoms with Crippen LogP contribution in [0.15, 0.2) is 0 Å². The van der Waals surface area contributed by atoms with E-state index in [-0.39, 0.29) is 0 Å². The lowest BCUT2D eigenvalue weighted by Gasteiger charge is -2.26. The zero-order valence-corrected chi connectivity index (χ0v) is 9.63. The number of methoxy groups -OCH3 is 1. The Morgan fingerprint density at radius 3 is 2.38 bits per heavy atom. The smallest absolute Gasteiger partial charge is 0.0618 e. The van der Waals surface area contributed by atoms with Gasteiger partial charge in [0.05, 0.1) is 6.61 Å². The number of hydrogen-bond acceptors (Lipinski definition) is 2. The zero-order chi connectivity index (χ0) is 10.1. The first kappa shape index (κ1) is 11.0. The fraction of sp³-hybridized carbons (Fsp3) is 1.00. The lowest BCUT2D eigenvalue weighted by molar-refractivity contribution is 0.129. The summed E-state index contributed by atoms with van der Waals surface area (Å²) in [5.41, 5.74) is 0.441. The van der Waals surface area contributed by atoms with Crippen LogP contribution >= 0.6 is 0 Å². The number of rotatable bonds is 2. The second-order valence-corrected chi connectivity index (χ2v) is 5.35. The van der Waals surface area contributed by atoms with Crippen LogP contribution in [0.2, 0.25) is 0 Å². The summed E-state index contributed by atoms with van der Waals surface area (Å²) in [6.07, 6.45) is 1.29. The van der Waals surface area contributed by atoms with Crippen LogP contribution in [0.5, 0.6) is 0 Å². The van der Waals surface area contributed by atoms with Crippen molar-refractivity contribution in [2.24, 2.45) is 11.3 Å². The number of nitrogens with zero attached hydrogens (tertiary/aromatic N) is 1. The molecule has 1 aliphatic rings. The lowest BCUT2D eigenvalue weighted by atomic mass is 9.79. The van der Waals surface area contributed by atoms with E-state index in [1.54, 1.807) is 7.11 Å². The van der Waals surface area contributed by atoms with Gasteiger partial charge in [0.2, 0.25) is 0 Å². The maximum Gasteiger partial charge on any atom is 0.0618 e. The van der Waals surface area contributed by atoms with Crippen molar-refractivity contribution in [2.45, 2.75) is 33.2 Å². The first-order valence-corrected chi connectivity index (χ1v) is 5.14. The average Bonchev–Trinajstić information content (AvgIpc) is 2.32. The highest BCUT2D eigenvalue weighted by Gasteiger charge is 2.35. The van der Waals surface area contributed by atoms with Crippen molar-refractivity contribution in [3.05, 3.63) is 0 Å². The third kappa shape index (κ3) is 2.68. The van der Waals surface area contributed by atoms with Crippen molar-refractivity contribution in [2.75, 3.05) is 27.3 Å². The van der Waals surface area contributed by atoms with E-state index < -0.39 is 0 Å². The summed E-state index contributed by atoms with van der Waals surface area (Å²) in [6.45, 7) is 9.10. The molecular formula is C11H23NO. The van der Waals surface area contributed by atoms with Gasteiger partial charge in [-0.15, -0.1) is 0 Å². The van der Waals surface area contributed by atoms with Crippen molar-refractivity contribution in [3.8, 4) is 0 Å². The Balaban J connectivity index is 2.50. The van der Waals surface area contributed by atoms with Gasteiger partial charge in [-0.2, -0.15) is 0 Å². The predicted molar refractivity (Wildman–Crippen MR) is 55.9 cm³/mol. The number of likely N-dealkylation sites (N-methyl/N-ethyl adjacent to an activating group) is 1. The molecule has 2 unspecified atom stereocenters. The molecular weight excluding hydrogens is 162 g/mol. The van der Waals surface area contributed by atoms with E-state index >= 15 is 0 Å². The number of likely N-dealkylation sites (tertiary alicyclic amines) is 1. The highest BCUT2D eigenvalue weighted by Crippen LogP contribution is 2.35. The highest BCUT2D eigenvalue weighted by molar-refractivity contribution is 4.88. The van der Waals surface area contributed by atoms with E-state index in [2.05, 4.69) is 32.7 Å². The standard InChI is InChI=1S/C11H23NO/c1-11(2,3)9-6-10(8-13-5)12(4)7-9/h9-10H,6-8H2,1-5H3. The van der Waals surface area contributed by atoms with Gasteiger partial charge >= 0.3 is 0 Å². The Morgan fingerprint density at radius 2 is 2.00 bits per heavy atom. The van der Waals surface area contributed by atoms with Crippen LogP contribution in [0.3, 0.4) is 0 Å². The molecule has 2 nitrogen and oxygen atoms in total. The quantitative estimate of drug-likeness (QED) is 0.652. The predicted octanol–water partition coefficient (Wildman–Crippen LogP) is 2.00. The third-order valence-electron chi connectivity index (χ3n) is 3.27. The van der Waals surface area contributed by atoms with Crippen LogP contribution in [-0.4, -0.2) is 38.3 Å². The molecule has 78 valence electrons. The minimum Gasteiger partial charge on any atom is -0.383 e. The van der Waals surface area contributed by atoms with Crippen molar-refractivity contribution in [1.29, 1.82) is 0 Å². The first-order chi connectivity index (χ1) is 5.95. The summed E-state index contributed by atoms with van der Waals surface area (Å²) in [4.78, 5) is 2.43. The van der Waals surface area contributed by atoms with E-state index in [1.165, 1.54) is 13.0 Å². The minimum atomic E-state index is 0.441. The summed E-state index contributed by atoms with van der Waals surface area (Å²) in [5, 5.41) is 0. The molecule has 0 N–H and O–H groups in total. The van der Waals surface area contributed by atoms with Gasteiger partial charge < -0.3 is 9.64 Å². The molecule has 2 atom stereocenters. The molecule has 0 aromatic carbocycles. The summed E-state index contributed by atoms with van der Waals surface area (Å²) < 4.78 is 5.22. The fourth-order valence-corrected chi connectivity index (χ4v) is 2.09. The van der Waals surface area contributed by atoms with Gasteiger partial charge in [0, 0.05) is 19.7 Å². The third-order valence-corrected chi connectivity index (χ3v) is 3.27. The Kier molecular flexibility index (Phi) is 3.36. The second kappa shape index (κ2) is 3.97. The molecule has 0 aromatic heterocycles. The van der Waals surface area contributed by atoms with E-state index in [4.69, 9.17) is 4.74 Å². The van der Waals surface area contributed by atoms with Crippen molar-refractivity contribution < 1.29 is 4.74 Å². The molecule has 1 aliphatic heterocycles. The van der Waals surface area contributed by atoms with Gasteiger partial charge in [0.25, 0.3) is 0 Å². The van der Waals surface area contributed by atoms with Gasteiger partial charge in [-0.05, 0) is 24.8 Å². The molecule has 2 heteroatoms. The molecule has 0 saturated carbocycles. The van der Waals surface area contributed by atoms with Crippen LogP contribution in [-0.2, 0) is 4.74 Å². The van der Waals surface area contributed by atoms with Crippen LogP contribution in [0.1, 0.15) is 27.2 Å². The first-order valence-electron chi connectivity index (χ1n) is 5.14. The second-order valence-electron chi connectivity index (χ2n) is 5.35. The summed E-state index contributed by atoms with van der Waals surface area (Å²) >= 11 is 0. The Hall–Kier alpha value is -0.0800. The molecule has 0 spiro atoms. The normalized spacial score (nSPS) is 31.2. The van der Waals surface area contributed by atoms with E-state index in [0.717, 1.165) is 12.5 Å². The molecule has 0 bridgehead atoms. The van der Waals surface area contributed by atoms with Crippen molar-refractivity contribution >= 4 is 0 Å². The molecule has 0 aliphatic carbocycles. The van der Waals surface area contributed by atoms with Crippen LogP contribution in [0, 0.1) is 11.3 Å². The van der Waals surface area contributed by atoms with Gasteiger partial charge in [-0.1, -0.05) is 20.8 Å². The SMILES string of the molecule is COCC1CC(C(C)(C)C)CN1C. The van der Waals surface area contributed by atoms with E-state index in [1.807, 2.05) is 0 Å². The lowest BCUT2D eigenvalue weighted by Crippen LogP contribution is -2.29. The van der Waals surface area contributed by atoms with Crippen molar-refractivity contribution in [3.63, 3.8) is 0 Å². The number of ether oxygens (including phenoxy) is 1. The Bertz CT molecular complexity index is 162. The molecule has 13 heavy (non-hydrogen) atoms. The maximum atomic E-state index is 5.22. The average molecular weight is 185 g/mol. The summed E-state index contributed by atoms with van der Waals surface area (Å²) in [6, 6.07) is 0.634. The highest BCUT2D eigenvalue weighted by atomic mass is 16.5. The molecule has 0 radical (unpaired) electrons. The summed E-state index contributed by atoms with van der Waals surface area (Å²) in [5.74, 6) is 0.817. The number of hydrogen-bond donors (Lipinski definition) is 0. The fourth-order valence-electron chi connectivity index (χ4n) is 2.09. The maximum absolute atomic E-state index is 5.22. The van der Waals surface area contributed by atoms with Crippen molar-refractivity contribution in [1.82, 2.24) is 4.90 Å². The molecule has 1 rings (SSSR count). The Labute approximate surface area is 82.3 Å². The molecule has 1 heterocycles. The molecule has 1 fully saturated rings. The monoisotopic (exact) mass is 185 g/mol. The van der Waals surface area contributed by atoms with Gasteiger partial charge in [0.1, 0.15) is 0 Å². The molecule has 0 amide bonds. The van der Waals surface area contributed by atoms with Crippen LogP contribution in [0.25, 0.3) is 0 Å². The van der Waals surface area contributed by atoms with Gasteiger partial charge in [0.15, 0.2) is 0 Å². The van der Waals surface area contributed by atoms with Gasteiger partial charge in [-0.3, -0.25) is 0 Å². The molecule has 1 saturated heterocycles. The van der Waals surface area contributed by atoms with Gasteiger partial charge in [-0.25, -0.2) is 0 Å². The largest absolute Gasteiger partial charge is 0.383 e. The zero-order valence-electron chi connectivity index (χ0n) is 9.63. The molecule has 0 aromatic rings. The van der Waals surface area contributed by atoms with Crippen LogP contribution < -0.4 is 0 Å². The topological polar surface area (TPSA) is 12.5 Å².